The van der Waals surface area contributed by atoms with E-state index in [1.54, 1.807) is 0 Å². The minimum Gasteiger partial charge on any atom is -0.462 e. The molecule has 0 aliphatic heterocycles. The molecule has 0 aliphatic rings. The minimum absolute atomic E-state index is 0.0894. The van der Waals surface area contributed by atoms with Gasteiger partial charge in [-0.25, -0.2) is 4.79 Å². The van der Waals surface area contributed by atoms with Gasteiger partial charge in [-0.1, -0.05) is 72.1 Å². The Labute approximate surface area is 179 Å². The summed E-state index contributed by atoms with van der Waals surface area (Å²) in [6.07, 6.45) is 4.05. The summed E-state index contributed by atoms with van der Waals surface area (Å²) >= 11 is 18.2. The molecule has 1 N–H and O–H groups in total. The molecule has 1 unspecified atom stereocenters. The highest BCUT2D eigenvalue weighted by Crippen LogP contribution is 2.34. The third kappa shape index (κ3) is 5.74. The number of hydrogen-bond donors (Lipinski definition) is 1. The van der Waals surface area contributed by atoms with Crippen LogP contribution < -0.4 is 5.32 Å². The molecule has 0 radical (unpaired) electrons. The zero-order chi connectivity index (χ0) is 20.8. The van der Waals surface area contributed by atoms with Gasteiger partial charge < -0.3 is 10.1 Å². The summed E-state index contributed by atoms with van der Waals surface area (Å²) in [7, 11) is 1.17. The lowest BCUT2D eigenvalue weighted by atomic mass is 9.98. The molecule has 0 saturated heterocycles. The van der Waals surface area contributed by atoms with Gasteiger partial charge in [-0.15, -0.1) is 0 Å². The smallest absolute Gasteiger partial charge is 0.396 e. The van der Waals surface area contributed by atoms with Crippen LogP contribution in [-0.4, -0.2) is 19.0 Å². The fourth-order valence-electron chi connectivity index (χ4n) is 2.57. The number of halogens is 3. The summed E-state index contributed by atoms with van der Waals surface area (Å²) in [5.41, 5.74) is 3.89. The molecular weight excluding hydrogens is 421 g/mol. The standard InChI is InChI=1S/C21H20Cl3NO3/c1-12(16-9-17(22)19(24)18(23)10-16)4-5-14-6-7-15(13(2)8-14)11-25-20(26)21(27)28-3/h4-10,12H,11H2,1-3H3,(H,25,26)/b5-4+. The first-order valence-electron chi connectivity index (χ1n) is 8.51. The number of carbonyl (C=O) groups excluding carboxylic acids is 2. The average Bonchev–Trinajstić information content (AvgIpc) is 2.68. The van der Waals surface area contributed by atoms with Crippen LogP contribution in [0.5, 0.6) is 0 Å². The van der Waals surface area contributed by atoms with Gasteiger partial charge >= 0.3 is 11.9 Å². The maximum absolute atomic E-state index is 11.5. The minimum atomic E-state index is -0.909. The van der Waals surface area contributed by atoms with E-state index in [-0.39, 0.29) is 12.5 Å². The van der Waals surface area contributed by atoms with Crippen molar-refractivity contribution in [1.82, 2.24) is 5.32 Å². The molecule has 0 fully saturated rings. The number of allylic oxidation sites excluding steroid dienone is 1. The van der Waals surface area contributed by atoms with Gasteiger partial charge in [0, 0.05) is 6.54 Å². The van der Waals surface area contributed by atoms with Gasteiger partial charge in [0.1, 0.15) is 0 Å². The van der Waals surface area contributed by atoms with Crippen molar-refractivity contribution in [2.75, 3.05) is 7.11 Å². The second kappa shape index (κ2) is 9.97. The van der Waals surface area contributed by atoms with E-state index in [9.17, 15) is 9.59 Å². The Kier molecular flexibility index (Phi) is 7.93. The van der Waals surface area contributed by atoms with E-state index in [2.05, 4.69) is 10.1 Å². The second-order valence-electron chi connectivity index (χ2n) is 6.31. The number of hydrogen-bond acceptors (Lipinski definition) is 3. The van der Waals surface area contributed by atoms with Crippen LogP contribution in [0.4, 0.5) is 0 Å². The van der Waals surface area contributed by atoms with Crippen molar-refractivity contribution >= 4 is 52.8 Å². The van der Waals surface area contributed by atoms with E-state index < -0.39 is 11.9 Å². The number of benzene rings is 2. The highest BCUT2D eigenvalue weighted by molar-refractivity contribution is 6.48. The molecule has 28 heavy (non-hydrogen) atoms. The van der Waals surface area contributed by atoms with E-state index >= 15 is 0 Å². The van der Waals surface area contributed by atoms with Crippen LogP contribution in [0.3, 0.4) is 0 Å². The first kappa shape index (κ1) is 22.3. The molecule has 148 valence electrons. The summed E-state index contributed by atoms with van der Waals surface area (Å²) < 4.78 is 4.38. The Morgan fingerprint density at radius 1 is 1.14 bits per heavy atom. The van der Waals surface area contributed by atoms with Crippen LogP contribution >= 0.6 is 34.8 Å². The van der Waals surface area contributed by atoms with Crippen LogP contribution in [0.2, 0.25) is 15.1 Å². The number of esters is 1. The predicted octanol–water partition coefficient (Wildman–Crippen LogP) is 5.56. The maximum atomic E-state index is 11.5. The monoisotopic (exact) mass is 439 g/mol. The molecule has 0 aliphatic carbocycles. The fraction of sp³-hybridized carbons (Fsp3) is 0.238. The molecule has 0 saturated carbocycles. The molecule has 1 amide bonds. The van der Waals surface area contributed by atoms with E-state index in [4.69, 9.17) is 34.8 Å². The summed E-state index contributed by atoms with van der Waals surface area (Å²) in [5.74, 6) is -1.58. The molecule has 0 spiro atoms. The van der Waals surface area contributed by atoms with Gasteiger partial charge in [-0.05, 0) is 47.2 Å². The van der Waals surface area contributed by atoms with Crippen LogP contribution in [0.15, 0.2) is 36.4 Å². The highest BCUT2D eigenvalue weighted by atomic mass is 35.5. The molecule has 1 atom stereocenters. The van der Waals surface area contributed by atoms with Crippen molar-refractivity contribution in [1.29, 1.82) is 0 Å². The molecule has 2 rings (SSSR count). The highest BCUT2D eigenvalue weighted by Gasteiger charge is 2.13. The molecule has 0 bridgehead atoms. The summed E-state index contributed by atoms with van der Waals surface area (Å²) in [5, 5.41) is 3.74. The van der Waals surface area contributed by atoms with Gasteiger partial charge in [0.25, 0.3) is 0 Å². The van der Waals surface area contributed by atoms with Crippen LogP contribution in [-0.2, 0) is 20.9 Å². The molecule has 7 heteroatoms. The topological polar surface area (TPSA) is 55.4 Å². The Morgan fingerprint density at radius 3 is 2.36 bits per heavy atom. The third-order valence-electron chi connectivity index (χ3n) is 4.29. The van der Waals surface area contributed by atoms with Crippen molar-refractivity contribution in [3.8, 4) is 0 Å². The van der Waals surface area contributed by atoms with Crippen molar-refractivity contribution < 1.29 is 14.3 Å². The Hall–Kier alpha value is -2.01. The SMILES string of the molecule is COC(=O)C(=O)NCc1ccc(/C=C/C(C)c2cc(Cl)c(Cl)c(Cl)c2)cc1C. The second-order valence-corrected chi connectivity index (χ2v) is 7.50. The van der Waals surface area contributed by atoms with E-state index in [1.807, 2.05) is 56.3 Å². The largest absolute Gasteiger partial charge is 0.462 e. The Balaban J connectivity index is 2.07. The number of carbonyl (C=O) groups is 2. The van der Waals surface area contributed by atoms with E-state index in [0.717, 1.165) is 22.3 Å². The lowest BCUT2D eigenvalue weighted by Crippen LogP contribution is -2.31. The Bertz CT molecular complexity index is 902. The third-order valence-corrected chi connectivity index (χ3v) is 5.48. The maximum Gasteiger partial charge on any atom is 0.396 e. The van der Waals surface area contributed by atoms with Gasteiger partial charge in [0.05, 0.1) is 22.2 Å². The number of rotatable bonds is 5. The van der Waals surface area contributed by atoms with Crippen molar-refractivity contribution in [3.63, 3.8) is 0 Å². The number of aryl methyl sites for hydroxylation is 1. The summed E-state index contributed by atoms with van der Waals surface area (Å²) in [6, 6.07) is 9.47. The normalized spacial score (nSPS) is 12.1. The lowest BCUT2D eigenvalue weighted by molar-refractivity contribution is -0.152. The fourth-order valence-corrected chi connectivity index (χ4v) is 3.18. The number of nitrogens with one attached hydrogen (secondary N) is 1. The van der Waals surface area contributed by atoms with Crippen molar-refractivity contribution in [2.24, 2.45) is 0 Å². The first-order valence-corrected chi connectivity index (χ1v) is 9.64. The van der Waals surface area contributed by atoms with Gasteiger partial charge in [-0.2, -0.15) is 0 Å². The first-order chi connectivity index (χ1) is 13.2. The number of ether oxygens (including phenoxy) is 1. The molecule has 2 aromatic rings. The van der Waals surface area contributed by atoms with Gasteiger partial charge in [0.15, 0.2) is 0 Å². The molecule has 0 aromatic heterocycles. The summed E-state index contributed by atoms with van der Waals surface area (Å²) in [6.45, 7) is 4.23. The van der Waals surface area contributed by atoms with Crippen LogP contribution in [0, 0.1) is 6.92 Å². The van der Waals surface area contributed by atoms with Crippen LogP contribution in [0.1, 0.15) is 35.1 Å². The molecular formula is C21H20Cl3NO3. The molecule has 2 aromatic carbocycles. The average molecular weight is 441 g/mol. The number of amides is 1. The number of methoxy groups -OCH3 is 1. The van der Waals surface area contributed by atoms with Gasteiger partial charge in [0.2, 0.25) is 0 Å². The molecule has 0 heterocycles. The van der Waals surface area contributed by atoms with E-state index in [1.165, 1.54) is 7.11 Å². The zero-order valence-corrected chi connectivity index (χ0v) is 18.0. The van der Waals surface area contributed by atoms with Crippen molar-refractivity contribution in [2.45, 2.75) is 26.3 Å². The van der Waals surface area contributed by atoms with Crippen LogP contribution in [0.25, 0.3) is 6.08 Å². The zero-order valence-electron chi connectivity index (χ0n) is 15.7. The molecule has 4 nitrogen and oxygen atoms in total. The lowest BCUT2D eigenvalue weighted by Gasteiger charge is -2.11. The Morgan fingerprint density at radius 2 is 1.79 bits per heavy atom. The van der Waals surface area contributed by atoms with E-state index in [0.29, 0.717) is 15.1 Å². The summed E-state index contributed by atoms with van der Waals surface area (Å²) in [4.78, 5) is 22.6. The predicted molar refractivity (Wildman–Crippen MR) is 114 cm³/mol. The van der Waals surface area contributed by atoms with Crippen molar-refractivity contribution in [3.05, 3.63) is 73.7 Å². The van der Waals surface area contributed by atoms with Gasteiger partial charge in [-0.3, -0.25) is 4.79 Å². The quantitative estimate of drug-likeness (QED) is 0.376.